The number of nitrogens with zero attached hydrogens (tertiary/aromatic N) is 4. The minimum atomic E-state index is -4.77. The molecule has 0 saturated carbocycles. The van der Waals surface area contributed by atoms with Crippen molar-refractivity contribution in [1.82, 2.24) is 9.78 Å². The Morgan fingerprint density at radius 1 is 0.796 bits per heavy atom. The number of rotatable bonds is 10. The SMILES string of the molecule is O=C(O)C1=NN(c2ccc(S(=O)(=O)[O-])cc2[123I])C(=O)\C1=C/C=C/C=C/C=C/c1c(C(=O)O)nn(-c2ccc(S(=O)(=O)[O-])cc2[123I])c1O.[Na+].[Na+]. The average Bonchev–Trinajstić information content (AvgIpc) is 3.48. The number of carboxylic acid groups (broad SMARTS) is 2. The summed E-state index contributed by atoms with van der Waals surface area (Å²) in [4.78, 5) is 35.5. The molecule has 0 radical (unpaired) electrons. The van der Waals surface area contributed by atoms with Gasteiger partial charge in [-0.3, -0.25) is 4.79 Å². The number of amides is 1. The fourth-order valence-electron chi connectivity index (χ4n) is 3.91. The van der Waals surface area contributed by atoms with E-state index in [1.54, 1.807) is 45.2 Å². The molecule has 49 heavy (non-hydrogen) atoms. The van der Waals surface area contributed by atoms with E-state index in [0.717, 1.165) is 40.0 Å². The summed E-state index contributed by atoms with van der Waals surface area (Å²) in [5, 5.41) is 38.3. The standard InChI is InChI=1S/C27H18I2N4O12S2.2Na/c28-18-12-14(46(40,41)42)8-10-20(18)32-24(34)16(22(30-32)26(36)37)6-4-2-1-3-5-7-17-23(27(38)39)31-33(25(17)35)21-11-9-15(13-19(21)29)47(43,44)45;;/h1-13,34H,(H,36,37)(H,38,39)(H,40,41,42)(H,43,44,45);;/q;2*+1/p-2/b2-1+,5-3+,6-4+,17-7-;;/i28-4,29-4;;. The molecule has 0 saturated heterocycles. The van der Waals surface area contributed by atoms with Crippen molar-refractivity contribution in [3.63, 3.8) is 0 Å². The van der Waals surface area contributed by atoms with Gasteiger partial charge in [-0.25, -0.2) is 26.4 Å². The molecule has 4 rings (SSSR count). The number of hydrogen-bond acceptors (Lipinski definition) is 12. The number of carbonyl (C=O) groups excluding carboxylic acids is 1. The van der Waals surface area contributed by atoms with Gasteiger partial charge in [0.2, 0.25) is 5.88 Å². The number of aromatic nitrogens is 2. The van der Waals surface area contributed by atoms with Crippen molar-refractivity contribution >= 4 is 101 Å². The Kier molecular flexibility index (Phi) is 15.2. The number of benzene rings is 2. The molecule has 1 aliphatic rings. The summed E-state index contributed by atoms with van der Waals surface area (Å²) in [6.07, 6.45) is 9.33. The van der Waals surface area contributed by atoms with Crippen LogP contribution in [0.25, 0.3) is 11.8 Å². The largest absolute Gasteiger partial charge is 1.00 e. The van der Waals surface area contributed by atoms with E-state index in [1.165, 1.54) is 48.6 Å². The summed E-state index contributed by atoms with van der Waals surface area (Å²) in [6, 6.07) is 6.36. The number of halogens is 2. The Bertz CT molecular complexity index is 2230. The molecule has 0 aliphatic carbocycles. The summed E-state index contributed by atoms with van der Waals surface area (Å²) >= 11 is 3.38. The molecule has 0 atom stereocenters. The van der Waals surface area contributed by atoms with Crippen molar-refractivity contribution < 1.29 is 115 Å². The van der Waals surface area contributed by atoms with Crippen LogP contribution >= 0.6 is 45.2 Å². The number of carboxylic acids is 2. The van der Waals surface area contributed by atoms with Crippen LogP contribution in [0.1, 0.15) is 16.1 Å². The number of aromatic hydroxyl groups is 1. The van der Waals surface area contributed by atoms with Crippen LogP contribution in [0.15, 0.2) is 93.3 Å². The van der Waals surface area contributed by atoms with Gasteiger partial charge >= 0.3 is 71.1 Å². The monoisotopic (exact) mass is 944 g/mol. The second-order valence-electron chi connectivity index (χ2n) is 9.02. The first-order valence-electron chi connectivity index (χ1n) is 12.4. The van der Waals surface area contributed by atoms with Crippen molar-refractivity contribution in [2.45, 2.75) is 9.79 Å². The van der Waals surface area contributed by atoms with Crippen molar-refractivity contribution in [3.8, 4) is 11.6 Å². The van der Waals surface area contributed by atoms with Crippen LogP contribution in [-0.4, -0.2) is 74.6 Å². The molecular formula is C27H16I2N4Na2O12S2. The first kappa shape index (κ1) is 42.9. The van der Waals surface area contributed by atoms with Gasteiger partial charge in [-0.05, 0) is 93.7 Å². The van der Waals surface area contributed by atoms with E-state index in [4.69, 9.17) is 0 Å². The molecular weight excluding hydrogens is 928 g/mol. The minimum Gasteiger partial charge on any atom is -0.744 e. The predicted molar refractivity (Wildman–Crippen MR) is 178 cm³/mol. The third-order valence-electron chi connectivity index (χ3n) is 6.02. The molecule has 1 aromatic heterocycles. The van der Waals surface area contributed by atoms with E-state index in [0.29, 0.717) is 0 Å². The molecule has 2 heterocycles. The van der Waals surface area contributed by atoms with Gasteiger partial charge in [0, 0.05) is 7.14 Å². The van der Waals surface area contributed by atoms with E-state index in [9.17, 15) is 55.6 Å². The number of anilines is 1. The molecule has 244 valence electrons. The normalized spacial score (nSPS) is 14.4. The third-order valence-corrected chi connectivity index (χ3v) is 9.41. The van der Waals surface area contributed by atoms with Gasteiger partial charge in [0.05, 0.1) is 32.3 Å². The molecule has 1 amide bonds. The number of carbonyl (C=O) groups is 3. The van der Waals surface area contributed by atoms with Gasteiger partial charge in [0.25, 0.3) is 5.91 Å². The Hall–Kier alpha value is -2.23. The number of aromatic carboxylic acids is 1. The fraction of sp³-hybridized carbons (Fsp3) is 0. The predicted octanol–water partition coefficient (Wildman–Crippen LogP) is -3.16. The molecule has 0 spiro atoms. The van der Waals surface area contributed by atoms with Crippen LogP contribution in [0.5, 0.6) is 5.88 Å². The van der Waals surface area contributed by atoms with Gasteiger partial charge in [-0.15, -0.1) is 0 Å². The summed E-state index contributed by atoms with van der Waals surface area (Å²) in [5.41, 5.74) is -1.46. The first-order valence-corrected chi connectivity index (χ1v) is 17.3. The zero-order valence-electron chi connectivity index (χ0n) is 24.9. The second-order valence-corrected chi connectivity index (χ2v) is 14.1. The number of allylic oxidation sites excluding steroid dienone is 6. The molecule has 16 nitrogen and oxygen atoms in total. The maximum absolute atomic E-state index is 13.0. The van der Waals surface area contributed by atoms with Crippen LogP contribution in [0, 0.1) is 7.14 Å². The zero-order chi connectivity index (χ0) is 34.8. The van der Waals surface area contributed by atoms with Crippen LogP contribution in [0.4, 0.5) is 5.69 Å². The summed E-state index contributed by atoms with van der Waals surface area (Å²) in [5.74, 6) is -4.41. The van der Waals surface area contributed by atoms with Crippen molar-refractivity contribution in [2.75, 3.05) is 5.01 Å². The average molecular weight is 944 g/mol. The Morgan fingerprint density at radius 2 is 1.31 bits per heavy atom. The molecule has 3 N–H and O–H groups in total. The smallest absolute Gasteiger partial charge is 0.744 e. The minimum absolute atomic E-state index is 0. The summed E-state index contributed by atoms with van der Waals surface area (Å²) in [6.45, 7) is 0. The summed E-state index contributed by atoms with van der Waals surface area (Å²) in [7, 11) is -9.52. The van der Waals surface area contributed by atoms with Crippen LogP contribution in [0.3, 0.4) is 0 Å². The van der Waals surface area contributed by atoms with Gasteiger partial charge in [-0.1, -0.05) is 30.4 Å². The Labute approximate surface area is 349 Å². The van der Waals surface area contributed by atoms with E-state index < -0.39 is 65.2 Å². The zero-order valence-corrected chi connectivity index (χ0v) is 34.8. The topological polar surface area (TPSA) is 260 Å². The number of hydrazone groups is 1. The molecule has 1 aliphatic heterocycles. The van der Waals surface area contributed by atoms with E-state index >= 15 is 0 Å². The van der Waals surface area contributed by atoms with E-state index in [2.05, 4.69) is 10.2 Å². The first-order chi connectivity index (χ1) is 21.9. The molecule has 0 fully saturated rings. The Morgan fingerprint density at radius 3 is 1.80 bits per heavy atom. The molecule has 0 unspecified atom stereocenters. The number of aliphatic carboxylic acids is 1. The van der Waals surface area contributed by atoms with Crippen molar-refractivity contribution in [3.05, 3.63) is 96.8 Å². The van der Waals surface area contributed by atoms with Gasteiger partial charge in [0.15, 0.2) is 11.4 Å². The second kappa shape index (κ2) is 17.3. The molecule has 2 aromatic carbocycles. The molecule has 3 aromatic rings. The summed E-state index contributed by atoms with van der Waals surface area (Å²) < 4.78 is 68.9. The van der Waals surface area contributed by atoms with Gasteiger partial charge < -0.3 is 24.4 Å². The van der Waals surface area contributed by atoms with Crippen molar-refractivity contribution in [1.29, 1.82) is 0 Å². The molecule has 0 bridgehead atoms. The van der Waals surface area contributed by atoms with Gasteiger partial charge in [-0.2, -0.15) is 19.9 Å². The Balaban J connectivity index is 0.00000417. The van der Waals surface area contributed by atoms with Gasteiger partial charge in [0.1, 0.15) is 20.2 Å². The fourth-order valence-corrected chi connectivity index (χ4v) is 6.82. The van der Waals surface area contributed by atoms with Crippen LogP contribution < -0.4 is 64.1 Å². The van der Waals surface area contributed by atoms with Crippen LogP contribution in [-0.2, 0) is 29.8 Å². The van der Waals surface area contributed by atoms with E-state index in [-0.39, 0.29) is 88.8 Å². The maximum atomic E-state index is 13.0. The number of hydrogen-bond donors (Lipinski definition) is 3. The quantitative estimate of drug-likeness (QED) is 0.0597. The van der Waals surface area contributed by atoms with Crippen molar-refractivity contribution in [2.24, 2.45) is 5.10 Å². The molecule has 22 heteroatoms. The third kappa shape index (κ3) is 9.97. The van der Waals surface area contributed by atoms with E-state index in [1.807, 2.05) is 0 Å². The maximum Gasteiger partial charge on any atom is 1.00 e. The van der Waals surface area contributed by atoms with Crippen LogP contribution in [0.2, 0.25) is 0 Å².